The van der Waals surface area contributed by atoms with Gasteiger partial charge in [-0.1, -0.05) is 12.8 Å². The lowest BCUT2D eigenvalue weighted by Gasteiger charge is -2.06. The van der Waals surface area contributed by atoms with E-state index in [2.05, 4.69) is 15.6 Å². The van der Waals surface area contributed by atoms with Crippen LogP contribution in [0.4, 0.5) is 5.69 Å². The first-order chi connectivity index (χ1) is 7.79. The summed E-state index contributed by atoms with van der Waals surface area (Å²) in [4.78, 5) is 15.4. The highest BCUT2D eigenvalue weighted by atomic mass is 16.1. The third-order valence-electron chi connectivity index (χ3n) is 2.80. The van der Waals surface area contributed by atoms with E-state index in [1.807, 2.05) is 6.07 Å². The van der Waals surface area contributed by atoms with Gasteiger partial charge in [-0.3, -0.25) is 9.78 Å². The Kier molecular flexibility index (Phi) is 3.39. The van der Waals surface area contributed by atoms with Crippen molar-refractivity contribution in [2.24, 2.45) is 5.92 Å². The van der Waals surface area contributed by atoms with E-state index in [-0.39, 0.29) is 5.91 Å². The van der Waals surface area contributed by atoms with Gasteiger partial charge in [0, 0.05) is 25.5 Å². The minimum atomic E-state index is -0.147. The fourth-order valence-electron chi connectivity index (χ4n) is 1.62. The van der Waals surface area contributed by atoms with E-state index < -0.39 is 0 Å². The van der Waals surface area contributed by atoms with Gasteiger partial charge in [-0.25, -0.2) is 0 Å². The van der Waals surface area contributed by atoms with Crippen LogP contribution in [0.15, 0.2) is 18.3 Å². The molecule has 0 spiro atoms. The summed E-state index contributed by atoms with van der Waals surface area (Å²) in [6, 6.07) is 3.67. The van der Waals surface area contributed by atoms with Gasteiger partial charge in [-0.2, -0.15) is 0 Å². The molecule has 4 nitrogen and oxygen atoms in total. The summed E-state index contributed by atoms with van der Waals surface area (Å²) < 4.78 is 0. The lowest BCUT2D eigenvalue weighted by molar-refractivity contribution is 0.0958. The zero-order chi connectivity index (χ0) is 11.4. The van der Waals surface area contributed by atoms with Gasteiger partial charge in [-0.05, 0) is 24.5 Å². The number of pyridine rings is 1. The van der Waals surface area contributed by atoms with Crippen LogP contribution in [-0.4, -0.2) is 24.5 Å². The fraction of sp³-hybridized carbons (Fsp3) is 0.500. The fourth-order valence-corrected chi connectivity index (χ4v) is 1.62. The van der Waals surface area contributed by atoms with Crippen molar-refractivity contribution in [3.05, 3.63) is 24.0 Å². The second-order valence-electron chi connectivity index (χ2n) is 4.17. The molecule has 86 valence electrons. The molecule has 16 heavy (non-hydrogen) atoms. The maximum absolute atomic E-state index is 11.4. The molecule has 1 saturated carbocycles. The van der Waals surface area contributed by atoms with Gasteiger partial charge >= 0.3 is 0 Å². The molecule has 1 fully saturated rings. The van der Waals surface area contributed by atoms with Crippen molar-refractivity contribution in [3.8, 4) is 0 Å². The van der Waals surface area contributed by atoms with Gasteiger partial charge in [-0.15, -0.1) is 0 Å². The second-order valence-corrected chi connectivity index (χ2v) is 4.17. The number of hydrogen-bond donors (Lipinski definition) is 2. The number of carbonyl (C=O) groups is 1. The van der Waals surface area contributed by atoms with E-state index in [9.17, 15) is 4.79 Å². The summed E-state index contributed by atoms with van der Waals surface area (Å²) in [7, 11) is 1.61. The topological polar surface area (TPSA) is 54.0 Å². The third kappa shape index (κ3) is 2.95. The standard InChI is InChI=1S/C12H17N3O/c1-13-12(16)11-8-10(5-7-15-11)14-6-4-9-2-3-9/h5,7-9H,2-4,6H2,1H3,(H,13,16)(H,14,15). The highest BCUT2D eigenvalue weighted by Crippen LogP contribution is 2.32. The number of carbonyl (C=O) groups excluding carboxylic acids is 1. The molecule has 0 unspecified atom stereocenters. The van der Waals surface area contributed by atoms with Crippen LogP contribution < -0.4 is 10.6 Å². The summed E-state index contributed by atoms with van der Waals surface area (Å²) in [6.45, 7) is 0.974. The zero-order valence-electron chi connectivity index (χ0n) is 9.49. The SMILES string of the molecule is CNC(=O)c1cc(NCCC2CC2)ccn1. The maximum Gasteiger partial charge on any atom is 0.269 e. The number of nitrogens with zero attached hydrogens (tertiary/aromatic N) is 1. The van der Waals surface area contributed by atoms with Crippen molar-refractivity contribution in [2.75, 3.05) is 18.9 Å². The van der Waals surface area contributed by atoms with Gasteiger partial charge < -0.3 is 10.6 Å². The average molecular weight is 219 g/mol. The summed E-state index contributed by atoms with van der Waals surface area (Å²) in [5, 5.41) is 5.88. The summed E-state index contributed by atoms with van der Waals surface area (Å²) in [5.74, 6) is 0.776. The van der Waals surface area contributed by atoms with E-state index in [0.29, 0.717) is 5.69 Å². The zero-order valence-corrected chi connectivity index (χ0v) is 9.49. The largest absolute Gasteiger partial charge is 0.385 e. The molecule has 0 aliphatic heterocycles. The monoisotopic (exact) mass is 219 g/mol. The summed E-state index contributed by atoms with van der Waals surface area (Å²) in [6.07, 6.45) is 5.63. The van der Waals surface area contributed by atoms with Crippen LogP contribution >= 0.6 is 0 Å². The Morgan fingerprint density at radius 2 is 2.38 bits per heavy atom. The lowest BCUT2D eigenvalue weighted by Crippen LogP contribution is -2.19. The average Bonchev–Trinajstić information content (AvgIpc) is 3.12. The van der Waals surface area contributed by atoms with Crippen LogP contribution in [0.5, 0.6) is 0 Å². The van der Waals surface area contributed by atoms with E-state index in [0.717, 1.165) is 18.2 Å². The van der Waals surface area contributed by atoms with Crippen LogP contribution in [-0.2, 0) is 0 Å². The van der Waals surface area contributed by atoms with Crippen LogP contribution in [0.1, 0.15) is 29.8 Å². The Bertz CT molecular complexity index is 374. The molecule has 0 aromatic carbocycles. The Balaban J connectivity index is 1.89. The Morgan fingerprint density at radius 1 is 1.56 bits per heavy atom. The van der Waals surface area contributed by atoms with E-state index in [1.165, 1.54) is 19.3 Å². The predicted octanol–water partition coefficient (Wildman–Crippen LogP) is 1.65. The first-order valence-corrected chi connectivity index (χ1v) is 5.71. The smallest absolute Gasteiger partial charge is 0.269 e. The van der Waals surface area contributed by atoms with Crippen molar-refractivity contribution in [1.29, 1.82) is 0 Å². The Morgan fingerprint density at radius 3 is 3.06 bits per heavy atom. The lowest BCUT2D eigenvalue weighted by atomic mass is 10.2. The molecule has 1 aromatic heterocycles. The van der Waals surface area contributed by atoms with Crippen LogP contribution in [0.3, 0.4) is 0 Å². The molecular weight excluding hydrogens is 202 g/mol. The normalized spacial score (nSPS) is 14.6. The van der Waals surface area contributed by atoms with E-state index >= 15 is 0 Å². The van der Waals surface area contributed by atoms with Crippen LogP contribution in [0.25, 0.3) is 0 Å². The van der Waals surface area contributed by atoms with Gasteiger partial charge in [0.15, 0.2) is 0 Å². The van der Waals surface area contributed by atoms with Gasteiger partial charge in [0.1, 0.15) is 5.69 Å². The molecule has 0 saturated heterocycles. The molecule has 1 heterocycles. The number of hydrogen-bond acceptors (Lipinski definition) is 3. The second kappa shape index (κ2) is 4.96. The van der Waals surface area contributed by atoms with Gasteiger partial charge in [0.2, 0.25) is 0 Å². The van der Waals surface area contributed by atoms with Crippen molar-refractivity contribution in [2.45, 2.75) is 19.3 Å². The minimum absolute atomic E-state index is 0.147. The minimum Gasteiger partial charge on any atom is -0.385 e. The Hall–Kier alpha value is -1.58. The first kappa shape index (κ1) is 10.9. The molecule has 0 bridgehead atoms. The molecule has 2 N–H and O–H groups in total. The number of nitrogens with one attached hydrogen (secondary N) is 2. The molecule has 0 atom stereocenters. The van der Waals surface area contributed by atoms with E-state index in [4.69, 9.17) is 0 Å². The molecule has 4 heteroatoms. The molecule has 0 radical (unpaired) electrons. The number of anilines is 1. The van der Waals surface area contributed by atoms with Crippen LogP contribution in [0, 0.1) is 5.92 Å². The summed E-state index contributed by atoms with van der Waals surface area (Å²) >= 11 is 0. The number of amides is 1. The van der Waals surface area contributed by atoms with Crippen LogP contribution in [0.2, 0.25) is 0 Å². The molecule has 1 aromatic rings. The van der Waals surface area contributed by atoms with Gasteiger partial charge in [0.25, 0.3) is 5.91 Å². The van der Waals surface area contributed by atoms with E-state index in [1.54, 1.807) is 19.3 Å². The molecule has 1 aliphatic rings. The molecule has 1 amide bonds. The third-order valence-corrected chi connectivity index (χ3v) is 2.80. The highest BCUT2D eigenvalue weighted by Gasteiger charge is 2.20. The van der Waals surface area contributed by atoms with Crippen molar-refractivity contribution in [3.63, 3.8) is 0 Å². The highest BCUT2D eigenvalue weighted by molar-refractivity contribution is 5.92. The number of rotatable bonds is 5. The van der Waals surface area contributed by atoms with Crippen molar-refractivity contribution >= 4 is 11.6 Å². The quantitative estimate of drug-likeness (QED) is 0.791. The Labute approximate surface area is 95.5 Å². The maximum atomic E-state index is 11.4. The first-order valence-electron chi connectivity index (χ1n) is 5.71. The summed E-state index contributed by atoms with van der Waals surface area (Å²) in [5.41, 5.74) is 1.42. The van der Waals surface area contributed by atoms with Crippen molar-refractivity contribution < 1.29 is 4.79 Å². The molecular formula is C12H17N3O. The predicted molar refractivity (Wildman–Crippen MR) is 63.5 cm³/mol. The molecule has 1 aliphatic carbocycles. The number of aromatic nitrogens is 1. The van der Waals surface area contributed by atoms with Gasteiger partial charge in [0.05, 0.1) is 0 Å². The van der Waals surface area contributed by atoms with Crippen molar-refractivity contribution in [1.82, 2.24) is 10.3 Å². The molecule has 2 rings (SSSR count).